The van der Waals surface area contributed by atoms with E-state index in [9.17, 15) is 13.2 Å². The standard InChI is InChI=1S/C17H17Cl2NO4S/c1-11(17(21)20-13-4-6-14(24-2)7-5-13)25(22,23)10-12-3-8-15(18)16(19)9-12/h3-9,11H,10H2,1-2H3,(H,20,21)/t11-/m1/s1. The molecule has 2 aromatic rings. The Kier molecular flexibility index (Phi) is 6.32. The van der Waals surface area contributed by atoms with Crippen molar-refractivity contribution in [3.05, 3.63) is 58.1 Å². The van der Waals surface area contributed by atoms with Crippen LogP contribution in [0.2, 0.25) is 10.0 Å². The number of rotatable bonds is 6. The lowest BCUT2D eigenvalue weighted by molar-refractivity contribution is -0.115. The minimum absolute atomic E-state index is 0.268. The molecule has 0 aliphatic carbocycles. The van der Waals surface area contributed by atoms with Gasteiger partial charge in [-0.25, -0.2) is 8.42 Å². The molecule has 0 saturated heterocycles. The zero-order chi connectivity index (χ0) is 18.6. The first-order valence-corrected chi connectivity index (χ1v) is 9.80. The molecule has 2 aromatic carbocycles. The average Bonchev–Trinajstić information content (AvgIpc) is 2.58. The van der Waals surface area contributed by atoms with Crippen molar-refractivity contribution in [1.82, 2.24) is 0 Å². The van der Waals surface area contributed by atoms with Crippen molar-refractivity contribution in [2.75, 3.05) is 12.4 Å². The third-order valence-corrected chi connectivity index (χ3v) is 6.38. The quantitative estimate of drug-likeness (QED) is 0.795. The van der Waals surface area contributed by atoms with Crippen LogP contribution >= 0.6 is 23.2 Å². The molecule has 0 heterocycles. The molecule has 0 saturated carbocycles. The second-order valence-electron chi connectivity index (χ2n) is 5.42. The van der Waals surface area contributed by atoms with Crippen LogP contribution in [0.15, 0.2) is 42.5 Å². The van der Waals surface area contributed by atoms with Crippen LogP contribution in [-0.4, -0.2) is 26.7 Å². The number of benzene rings is 2. The molecule has 1 amide bonds. The van der Waals surface area contributed by atoms with Crippen molar-refractivity contribution in [3.8, 4) is 5.75 Å². The van der Waals surface area contributed by atoms with Crippen molar-refractivity contribution < 1.29 is 17.9 Å². The van der Waals surface area contributed by atoms with Crippen molar-refractivity contribution >= 4 is 44.6 Å². The maximum Gasteiger partial charge on any atom is 0.242 e. The molecule has 1 N–H and O–H groups in total. The first-order chi connectivity index (χ1) is 11.7. The molecule has 5 nitrogen and oxygen atoms in total. The predicted octanol–water partition coefficient (Wildman–Crippen LogP) is 3.94. The number of nitrogens with one attached hydrogen (secondary N) is 1. The number of carbonyl (C=O) groups excluding carboxylic acids is 1. The molecule has 0 unspecified atom stereocenters. The molecule has 8 heteroatoms. The van der Waals surface area contributed by atoms with Gasteiger partial charge in [0.05, 0.1) is 22.9 Å². The van der Waals surface area contributed by atoms with E-state index in [-0.39, 0.29) is 10.8 Å². The summed E-state index contributed by atoms with van der Waals surface area (Å²) in [6.07, 6.45) is 0. The van der Waals surface area contributed by atoms with E-state index >= 15 is 0 Å². The Bertz CT molecular complexity index is 867. The summed E-state index contributed by atoms with van der Waals surface area (Å²) in [4.78, 5) is 12.3. The van der Waals surface area contributed by atoms with Gasteiger partial charge in [0, 0.05) is 5.69 Å². The van der Waals surface area contributed by atoms with Gasteiger partial charge >= 0.3 is 0 Å². The number of anilines is 1. The van der Waals surface area contributed by atoms with E-state index in [2.05, 4.69) is 5.32 Å². The van der Waals surface area contributed by atoms with Gasteiger partial charge in [-0.1, -0.05) is 29.3 Å². The number of hydrogen-bond donors (Lipinski definition) is 1. The molecule has 0 fully saturated rings. The van der Waals surface area contributed by atoms with Crippen LogP contribution in [0.4, 0.5) is 5.69 Å². The number of halogens is 2. The third kappa shape index (κ3) is 5.11. The number of hydrogen-bond acceptors (Lipinski definition) is 4. The summed E-state index contributed by atoms with van der Waals surface area (Å²) in [6.45, 7) is 1.35. The molecular weight excluding hydrogens is 385 g/mol. The number of ether oxygens (including phenoxy) is 1. The SMILES string of the molecule is COc1ccc(NC(=O)[C@@H](C)S(=O)(=O)Cc2ccc(Cl)c(Cl)c2)cc1. The molecule has 0 spiro atoms. The van der Waals surface area contributed by atoms with Crippen LogP contribution in [-0.2, 0) is 20.4 Å². The average molecular weight is 402 g/mol. The Morgan fingerprint density at radius 2 is 1.76 bits per heavy atom. The monoisotopic (exact) mass is 401 g/mol. The maximum atomic E-state index is 12.5. The Labute approximate surface area is 156 Å². The van der Waals surface area contributed by atoms with Crippen molar-refractivity contribution in [2.24, 2.45) is 0 Å². The van der Waals surface area contributed by atoms with Crippen molar-refractivity contribution in [3.63, 3.8) is 0 Å². The van der Waals surface area contributed by atoms with Crippen LogP contribution in [0.3, 0.4) is 0 Å². The van der Waals surface area contributed by atoms with Crippen LogP contribution in [0.1, 0.15) is 12.5 Å². The fraction of sp³-hybridized carbons (Fsp3) is 0.235. The fourth-order valence-corrected chi connectivity index (χ4v) is 3.67. The maximum absolute atomic E-state index is 12.5. The lowest BCUT2D eigenvalue weighted by Gasteiger charge is -2.14. The number of carbonyl (C=O) groups is 1. The minimum Gasteiger partial charge on any atom is -0.497 e. The van der Waals surface area contributed by atoms with Gasteiger partial charge in [-0.15, -0.1) is 0 Å². The summed E-state index contributed by atoms with van der Waals surface area (Å²) in [7, 11) is -2.18. The van der Waals surface area contributed by atoms with Gasteiger partial charge in [0.15, 0.2) is 9.84 Å². The molecular formula is C17H17Cl2NO4S. The molecule has 0 aliphatic rings. The molecule has 1 atom stereocenters. The Morgan fingerprint density at radius 1 is 1.12 bits per heavy atom. The summed E-state index contributed by atoms with van der Waals surface area (Å²) in [5, 5.41) is 1.98. The zero-order valence-corrected chi connectivity index (χ0v) is 16.0. The molecule has 0 aliphatic heterocycles. The summed E-state index contributed by atoms with van der Waals surface area (Å²) >= 11 is 11.7. The Morgan fingerprint density at radius 3 is 2.32 bits per heavy atom. The summed E-state index contributed by atoms with van der Waals surface area (Å²) in [5.41, 5.74) is 0.959. The van der Waals surface area contributed by atoms with Crippen LogP contribution in [0, 0.1) is 0 Å². The minimum atomic E-state index is -3.71. The smallest absolute Gasteiger partial charge is 0.242 e. The second kappa shape index (κ2) is 8.08. The van der Waals surface area contributed by atoms with Gasteiger partial charge in [-0.2, -0.15) is 0 Å². The van der Waals surface area contributed by atoms with E-state index in [1.165, 1.54) is 26.2 Å². The molecule has 0 bridgehead atoms. The number of amides is 1. The summed E-state index contributed by atoms with van der Waals surface area (Å²) in [5.74, 6) is -0.273. The zero-order valence-electron chi connectivity index (χ0n) is 13.6. The van der Waals surface area contributed by atoms with Crippen LogP contribution < -0.4 is 10.1 Å². The first-order valence-electron chi connectivity index (χ1n) is 7.33. The highest BCUT2D eigenvalue weighted by Crippen LogP contribution is 2.24. The summed E-state index contributed by atoms with van der Waals surface area (Å²) in [6, 6.07) is 11.2. The number of sulfone groups is 1. The van der Waals surface area contributed by atoms with Gasteiger partial charge < -0.3 is 10.1 Å². The van der Waals surface area contributed by atoms with Crippen molar-refractivity contribution in [1.29, 1.82) is 0 Å². The van der Waals surface area contributed by atoms with Gasteiger partial charge in [-0.3, -0.25) is 4.79 Å². The molecule has 0 radical (unpaired) electrons. The first kappa shape index (κ1) is 19.6. The molecule has 25 heavy (non-hydrogen) atoms. The van der Waals surface area contributed by atoms with E-state index in [0.717, 1.165) is 0 Å². The second-order valence-corrected chi connectivity index (χ2v) is 8.55. The largest absolute Gasteiger partial charge is 0.497 e. The van der Waals surface area contributed by atoms with Crippen LogP contribution in [0.5, 0.6) is 5.75 Å². The molecule has 0 aromatic heterocycles. The highest BCUT2D eigenvalue weighted by atomic mass is 35.5. The lowest BCUT2D eigenvalue weighted by Crippen LogP contribution is -2.33. The predicted molar refractivity (Wildman–Crippen MR) is 100 cm³/mol. The van der Waals surface area contributed by atoms with Gasteiger partial charge in [0.2, 0.25) is 5.91 Å². The van der Waals surface area contributed by atoms with Crippen molar-refractivity contribution in [2.45, 2.75) is 17.9 Å². The normalized spacial score (nSPS) is 12.5. The fourth-order valence-electron chi connectivity index (χ4n) is 2.07. The van der Waals surface area contributed by atoms with Crippen LogP contribution in [0.25, 0.3) is 0 Å². The third-order valence-electron chi connectivity index (χ3n) is 3.62. The Balaban J connectivity index is 2.09. The molecule has 2 rings (SSSR count). The van der Waals surface area contributed by atoms with E-state index < -0.39 is 21.0 Å². The highest BCUT2D eigenvalue weighted by molar-refractivity contribution is 7.92. The number of methoxy groups -OCH3 is 1. The highest BCUT2D eigenvalue weighted by Gasteiger charge is 2.28. The van der Waals surface area contributed by atoms with Gasteiger partial charge in [0.1, 0.15) is 11.0 Å². The van der Waals surface area contributed by atoms with Gasteiger partial charge in [0.25, 0.3) is 0 Å². The Hall–Kier alpha value is -1.76. The lowest BCUT2D eigenvalue weighted by atomic mass is 10.2. The van der Waals surface area contributed by atoms with Gasteiger partial charge in [-0.05, 0) is 48.9 Å². The van der Waals surface area contributed by atoms with E-state index in [4.69, 9.17) is 27.9 Å². The van der Waals surface area contributed by atoms with E-state index in [0.29, 0.717) is 22.0 Å². The topological polar surface area (TPSA) is 72.5 Å². The van der Waals surface area contributed by atoms with E-state index in [1.807, 2.05) is 0 Å². The summed E-state index contributed by atoms with van der Waals surface area (Å²) < 4.78 is 30.0. The van der Waals surface area contributed by atoms with E-state index in [1.54, 1.807) is 30.3 Å². The molecule has 134 valence electrons.